The maximum absolute atomic E-state index is 14.2. The highest BCUT2D eigenvalue weighted by molar-refractivity contribution is 7.98. The Bertz CT molecular complexity index is 1110. The zero-order valence-electron chi connectivity index (χ0n) is 24.7. The van der Waals surface area contributed by atoms with Crippen molar-refractivity contribution in [2.45, 2.75) is 117 Å². The molecule has 38 heavy (non-hydrogen) atoms. The highest BCUT2D eigenvalue weighted by atomic mass is 32.2. The summed E-state index contributed by atoms with van der Waals surface area (Å²) in [5.41, 5.74) is 1.39. The molecule has 0 aromatic carbocycles. The molecule has 5 heteroatoms. The Morgan fingerprint density at radius 3 is 2.29 bits per heavy atom. The Morgan fingerprint density at radius 1 is 0.947 bits per heavy atom. The average molecular weight is 537 g/mol. The number of Topliss-reactive ketones (excluding diaryl/α,β-unsaturated/α-hetero) is 1. The van der Waals surface area contributed by atoms with Gasteiger partial charge in [0, 0.05) is 28.0 Å². The van der Waals surface area contributed by atoms with Crippen molar-refractivity contribution < 1.29 is 9.59 Å². The number of ketones is 2. The van der Waals surface area contributed by atoms with Crippen molar-refractivity contribution in [3.63, 3.8) is 0 Å². The van der Waals surface area contributed by atoms with Crippen LogP contribution in [0, 0.1) is 57.2 Å². The fourth-order valence-electron chi connectivity index (χ4n) is 9.46. The zero-order valence-corrected chi connectivity index (χ0v) is 25.5. The van der Waals surface area contributed by atoms with Crippen LogP contribution >= 0.6 is 11.9 Å². The van der Waals surface area contributed by atoms with Gasteiger partial charge in [0.2, 0.25) is 0 Å². The quantitative estimate of drug-likeness (QED) is 0.376. The molecule has 8 unspecified atom stereocenters. The number of rotatable bonds is 3. The van der Waals surface area contributed by atoms with Crippen LogP contribution in [0.5, 0.6) is 0 Å². The summed E-state index contributed by atoms with van der Waals surface area (Å²) < 4.78 is 4.01. The Labute approximate surface area is 235 Å². The number of nitrogens with one attached hydrogen (secondary N) is 1. The van der Waals surface area contributed by atoms with E-state index in [9.17, 15) is 14.9 Å². The second kappa shape index (κ2) is 9.62. The van der Waals surface area contributed by atoms with Gasteiger partial charge in [-0.2, -0.15) is 5.26 Å². The molecule has 0 aromatic heterocycles. The highest BCUT2D eigenvalue weighted by Crippen LogP contribution is 2.68. The standard InChI is InChI=1S/C31H42N2O2S.C2H6/c1-18-21-8-10-29(4)22-9-11-31(33-36-20-6-7-20)13-12-28(2,3)16-23(31)26(22)24(34)14-25(29)30(21,5)15-19(17-32)27(18)35;1-2/h14-15,18,20-23,26,33H,6-13,16H2,1-5H3;1-2H3. The first-order chi connectivity index (χ1) is 17.9. The summed E-state index contributed by atoms with van der Waals surface area (Å²) in [5.74, 6) is 1.08. The van der Waals surface area contributed by atoms with E-state index in [-0.39, 0.29) is 39.9 Å². The molecule has 6 rings (SSSR count). The molecule has 4 fully saturated rings. The average Bonchev–Trinajstić information content (AvgIpc) is 3.72. The lowest BCUT2D eigenvalue weighted by molar-refractivity contribution is -0.138. The molecule has 0 amide bonds. The third kappa shape index (κ3) is 4.19. The van der Waals surface area contributed by atoms with E-state index < -0.39 is 5.41 Å². The lowest BCUT2D eigenvalue weighted by atomic mass is 9.40. The van der Waals surface area contributed by atoms with Crippen molar-refractivity contribution in [3.05, 3.63) is 23.3 Å². The molecule has 6 aliphatic carbocycles. The number of nitriles is 1. The van der Waals surface area contributed by atoms with Crippen LogP contribution in [0.4, 0.5) is 0 Å². The van der Waals surface area contributed by atoms with Crippen molar-refractivity contribution in [2.75, 3.05) is 0 Å². The summed E-state index contributed by atoms with van der Waals surface area (Å²) in [4.78, 5) is 27.1. The van der Waals surface area contributed by atoms with Crippen molar-refractivity contribution in [3.8, 4) is 6.07 Å². The van der Waals surface area contributed by atoms with E-state index >= 15 is 0 Å². The van der Waals surface area contributed by atoms with Gasteiger partial charge in [0.25, 0.3) is 0 Å². The van der Waals surface area contributed by atoms with E-state index in [2.05, 4.69) is 38.5 Å². The summed E-state index contributed by atoms with van der Waals surface area (Å²) in [6.45, 7) is 15.4. The number of fused-ring (bicyclic) bond motifs is 7. The molecule has 0 bridgehead atoms. The number of carbonyl (C=O) groups excluding carboxylic acids is 2. The number of carbonyl (C=O) groups is 2. The third-order valence-electron chi connectivity index (χ3n) is 11.7. The molecule has 208 valence electrons. The maximum atomic E-state index is 14.2. The zero-order chi connectivity index (χ0) is 27.7. The van der Waals surface area contributed by atoms with Gasteiger partial charge in [0.05, 0.1) is 5.57 Å². The fourth-order valence-corrected chi connectivity index (χ4v) is 10.6. The molecule has 0 radical (unpaired) electrons. The molecule has 0 saturated heterocycles. The van der Waals surface area contributed by atoms with Crippen LogP contribution in [-0.4, -0.2) is 22.4 Å². The second-order valence-electron chi connectivity index (χ2n) is 14.3. The first kappa shape index (κ1) is 28.2. The van der Waals surface area contributed by atoms with Gasteiger partial charge >= 0.3 is 0 Å². The van der Waals surface area contributed by atoms with E-state index in [0.29, 0.717) is 23.2 Å². The van der Waals surface area contributed by atoms with Gasteiger partial charge in [0.1, 0.15) is 6.07 Å². The lowest BCUT2D eigenvalue weighted by Crippen LogP contribution is -2.64. The monoisotopic (exact) mass is 536 g/mol. The van der Waals surface area contributed by atoms with Crippen LogP contribution in [0.25, 0.3) is 0 Å². The lowest BCUT2D eigenvalue weighted by Gasteiger charge is -2.64. The topological polar surface area (TPSA) is 70.0 Å². The molecular weight excluding hydrogens is 488 g/mol. The molecule has 8 atom stereocenters. The Hall–Kier alpha value is -1.38. The van der Waals surface area contributed by atoms with Crippen LogP contribution in [0.3, 0.4) is 0 Å². The first-order valence-electron chi connectivity index (χ1n) is 15.3. The number of hydrogen-bond donors (Lipinski definition) is 1. The van der Waals surface area contributed by atoms with E-state index in [0.717, 1.165) is 37.4 Å². The van der Waals surface area contributed by atoms with Crippen molar-refractivity contribution in [2.24, 2.45) is 45.8 Å². The van der Waals surface area contributed by atoms with Crippen LogP contribution in [0.2, 0.25) is 0 Å². The second-order valence-corrected chi connectivity index (χ2v) is 15.5. The molecule has 0 heterocycles. The highest BCUT2D eigenvalue weighted by Gasteiger charge is 2.64. The van der Waals surface area contributed by atoms with Crippen molar-refractivity contribution in [1.29, 1.82) is 5.26 Å². The van der Waals surface area contributed by atoms with Gasteiger partial charge in [-0.05, 0) is 92.4 Å². The SMILES string of the molecule is CC.CC1C(=O)C(C#N)=CC2(C)C3=CC(=O)C4C5CC(C)(C)CCC5(NSC5CC5)CCC4C3(C)CCC12. The number of hydrogen-bond acceptors (Lipinski definition) is 5. The number of nitrogens with zero attached hydrogens (tertiary/aromatic N) is 1. The molecular formula is C33H48N2O2S. The predicted octanol–water partition coefficient (Wildman–Crippen LogP) is 7.60. The van der Waals surface area contributed by atoms with Crippen LogP contribution in [0.1, 0.15) is 106 Å². The summed E-state index contributed by atoms with van der Waals surface area (Å²) in [5, 5.41) is 10.5. The maximum Gasteiger partial charge on any atom is 0.176 e. The Balaban J connectivity index is 0.00000144. The van der Waals surface area contributed by atoms with Gasteiger partial charge in [-0.1, -0.05) is 72.1 Å². The normalized spacial score (nSPS) is 45.1. The predicted molar refractivity (Wildman–Crippen MR) is 155 cm³/mol. The van der Waals surface area contributed by atoms with Gasteiger partial charge < -0.3 is 0 Å². The minimum atomic E-state index is -0.396. The number of allylic oxidation sites excluding steroid dienone is 4. The molecule has 0 aliphatic heterocycles. The van der Waals surface area contributed by atoms with Gasteiger partial charge in [-0.15, -0.1) is 0 Å². The smallest absolute Gasteiger partial charge is 0.176 e. The Morgan fingerprint density at radius 2 is 1.63 bits per heavy atom. The van der Waals surface area contributed by atoms with Gasteiger partial charge in [-0.25, -0.2) is 0 Å². The fraction of sp³-hybridized carbons (Fsp3) is 0.788. The largest absolute Gasteiger partial charge is 0.295 e. The van der Waals surface area contributed by atoms with E-state index in [1.807, 2.05) is 44.9 Å². The van der Waals surface area contributed by atoms with E-state index in [1.54, 1.807) is 0 Å². The molecule has 0 spiro atoms. The summed E-state index contributed by atoms with van der Waals surface area (Å²) >= 11 is 1.96. The van der Waals surface area contributed by atoms with Gasteiger partial charge in [0.15, 0.2) is 11.6 Å². The molecule has 0 aromatic rings. The van der Waals surface area contributed by atoms with E-state index in [1.165, 1.54) is 31.3 Å². The van der Waals surface area contributed by atoms with Crippen molar-refractivity contribution >= 4 is 23.5 Å². The third-order valence-corrected chi connectivity index (χ3v) is 13.0. The summed E-state index contributed by atoms with van der Waals surface area (Å²) in [6.07, 6.45) is 14.4. The summed E-state index contributed by atoms with van der Waals surface area (Å²) in [7, 11) is 0. The minimum absolute atomic E-state index is 0.0182. The van der Waals surface area contributed by atoms with Crippen LogP contribution in [-0.2, 0) is 9.59 Å². The molecule has 6 aliphatic rings. The van der Waals surface area contributed by atoms with Crippen molar-refractivity contribution in [1.82, 2.24) is 4.72 Å². The minimum Gasteiger partial charge on any atom is -0.295 e. The summed E-state index contributed by atoms with van der Waals surface area (Å²) in [6, 6.07) is 2.19. The molecule has 1 N–H and O–H groups in total. The van der Waals surface area contributed by atoms with Gasteiger partial charge in [-0.3, -0.25) is 14.3 Å². The molecule has 4 nitrogen and oxygen atoms in total. The van der Waals surface area contributed by atoms with E-state index in [4.69, 9.17) is 0 Å². The van der Waals surface area contributed by atoms with Crippen LogP contribution < -0.4 is 4.72 Å². The Kier molecular flexibility index (Phi) is 7.13. The van der Waals surface area contributed by atoms with Crippen LogP contribution in [0.15, 0.2) is 23.3 Å². The molecule has 4 saturated carbocycles. The first-order valence-corrected chi connectivity index (χ1v) is 16.2.